The SMILES string of the molecule is COc1ccc2ccc(C=O)c(OS(=O)(=O)C(F)(F)F)c2c1. The van der Waals surface area contributed by atoms with Gasteiger partial charge in [0.2, 0.25) is 0 Å². The number of ether oxygens (including phenoxy) is 1. The summed E-state index contributed by atoms with van der Waals surface area (Å²) in [5, 5.41) is 0.399. The number of alkyl halides is 3. The topological polar surface area (TPSA) is 69.7 Å². The van der Waals surface area contributed by atoms with Crippen LogP contribution in [0.3, 0.4) is 0 Å². The number of halogens is 3. The molecule has 0 radical (unpaired) electrons. The molecule has 118 valence electrons. The average Bonchev–Trinajstić information content (AvgIpc) is 2.45. The molecule has 2 aromatic rings. The molecule has 0 aromatic heterocycles. The number of methoxy groups -OCH3 is 1. The van der Waals surface area contributed by atoms with Crippen LogP contribution in [0, 0.1) is 0 Å². The second kappa shape index (κ2) is 5.48. The van der Waals surface area contributed by atoms with Crippen LogP contribution in [-0.4, -0.2) is 27.3 Å². The molecule has 0 saturated heterocycles. The van der Waals surface area contributed by atoms with Gasteiger partial charge in [-0.05, 0) is 23.6 Å². The van der Waals surface area contributed by atoms with Gasteiger partial charge in [-0.15, -0.1) is 0 Å². The summed E-state index contributed by atoms with van der Waals surface area (Å²) in [6.07, 6.45) is 0.208. The summed E-state index contributed by atoms with van der Waals surface area (Å²) in [6.45, 7) is 0. The maximum Gasteiger partial charge on any atom is 0.534 e. The number of rotatable bonds is 4. The van der Waals surface area contributed by atoms with Crippen LogP contribution in [-0.2, 0) is 10.1 Å². The molecule has 5 nitrogen and oxygen atoms in total. The van der Waals surface area contributed by atoms with E-state index in [-0.39, 0.29) is 23.0 Å². The van der Waals surface area contributed by atoms with Gasteiger partial charge in [0.25, 0.3) is 0 Å². The molecule has 0 amide bonds. The summed E-state index contributed by atoms with van der Waals surface area (Å²) in [6, 6.07) is 6.93. The van der Waals surface area contributed by atoms with Gasteiger partial charge in [-0.1, -0.05) is 12.1 Å². The van der Waals surface area contributed by atoms with Crippen molar-refractivity contribution in [1.29, 1.82) is 0 Å². The Labute approximate surface area is 123 Å². The first kappa shape index (κ1) is 16.1. The van der Waals surface area contributed by atoms with Crippen molar-refractivity contribution in [2.75, 3.05) is 7.11 Å². The molecule has 0 aliphatic rings. The highest BCUT2D eigenvalue weighted by Crippen LogP contribution is 2.35. The fraction of sp³-hybridized carbons (Fsp3) is 0.154. The van der Waals surface area contributed by atoms with Crippen LogP contribution in [0.2, 0.25) is 0 Å². The minimum absolute atomic E-state index is 0.0109. The van der Waals surface area contributed by atoms with Crippen LogP contribution in [0.1, 0.15) is 10.4 Å². The third-order valence-electron chi connectivity index (χ3n) is 2.81. The lowest BCUT2D eigenvalue weighted by molar-refractivity contribution is -0.0499. The highest BCUT2D eigenvalue weighted by atomic mass is 32.2. The van der Waals surface area contributed by atoms with E-state index >= 15 is 0 Å². The molecule has 0 bridgehead atoms. The van der Waals surface area contributed by atoms with E-state index in [0.29, 0.717) is 5.39 Å². The zero-order valence-corrected chi connectivity index (χ0v) is 11.9. The van der Waals surface area contributed by atoms with Crippen LogP contribution in [0.25, 0.3) is 10.8 Å². The van der Waals surface area contributed by atoms with E-state index in [1.807, 2.05) is 0 Å². The molecule has 0 unspecified atom stereocenters. The molecule has 0 fully saturated rings. The van der Waals surface area contributed by atoms with E-state index < -0.39 is 21.4 Å². The molecule has 22 heavy (non-hydrogen) atoms. The zero-order chi connectivity index (χ0) is 16.5. The normalized spacial score (nSPS) is 12.2. The number of benzene rings is 2. The first-order valence-corrected chi connectivity index (χ1v) is 7.17. The standard InChI is InChI=1S/C13H9F3O5S/c1-20-10-5-4-8-2-3-9(7-17)12(11(8)6-10)21-22(18,19)13(14,15)16/h2-7H,1H3. The summed E-state index contributed by atoms with van der Waals surface area (Å²) in [7, 11) is -4.56. The lowest BCUT2D eigenvalue weighted by Crippen LogP contribution is -2.28. The van der Waals surface area contributed by atoms with E-state index in [9.17, 15) is 26.4 Å². The minimum Gasteiger partial charge on any atom is -0.497 e. The van der Waals surface area contributed by atoms with E-state index in [2.05, 4.69) is 4.18 Å². The average molecular weight is 334 g/mol. The predicted molar refractivity (Wildman–Crippen MR) is 71.5 cm³/mol. The Morgan fingerprint density at radius 3 is 2.32 bits per heavy atom. The lowest BCUT2D eigenvalue weighted by Gasteiger charge is -2.13. The molecule has 2 rings (SSSR count). The van der Waals surface area contributed by atoms with E-state index in [1.54, 1.807) is 0 Å². The molecule has 0 spiro atoms. The Kier molecular flexibility index (Phi) is 4.01. The quantitative estimate of drug-likeness (QED) is 0.488. The summed E-state index contributed by atoms with van der Waals surface area (Å²) < 4.78 is 68.9. The minimum atomic E-state index is -5.89. The van der Waals surface area contributed by atoms with Gasteiger partial charge in [0.15, 0.2) is 12.0 Å². The number of fused-ring (bicyclic) bond motifs is 1. The maximum absolute atomic E-state index is 12.5. The van der Waals surface area contributed by atoms with Crippen molar-refractivity contribution in [3.63, 3.8) is 0 Å². The van der Waals surface area contributed by atoms with Crippen molar-refractivity contribution >= 4 is 27.2 Å². The number of carbonyl (C=O) groups is 1. The summed E-state index contributed by atoms with van der Waals surface area (Å²) in [5.41, 5.74) is -5.93. The Balaban J connectivity index is 2.72. The van der Waals surface area contributed by atoms with Crippen molar-refractivity contribution in [2.45, 2.75) is 5.51 Å². The Morgan fingerprint density at radius 2 is 1.77 bits per heavy atom. The van der Waals surface area contributed by atoms with Crippen LogP contribution in [0.15, 0.2) is 30.3 Å². The first-order chi connectivity index (χ1) is 10.2. The fourth-order valence-electron chi connectivity index (χ4n) is 1.76. The molecule has 0 aliphatic carbocycles. The molecule has 0 aliphatic heterocycles. The molecular weight excluding hydrogens is 325 g/mol. The summed E-state index contributed by atoms with van der Waals surface area (Å²) in [4.78, 5) is 11.0. The van der Waals surface area contributed by atoms with Gasteiger partial charge in [0, 0.05) is 5.39 Å². The molecule has 0 atom stereocenters. The summed E-state index contributed by atoms with van der Waals surface area (Å²) in [5.74, 6) is -0.423. The molecule has 0 heterocycles. The van der Waals surface area contributed by atoms with Gasteiger partial charge >= 0.3 is 15.6 Å². The maximum atomic E-state index is 12.5. The molecule has 9 heteroatoms. The smallest absolute Gasteiger partial charge is 0.497 e. The lowest BCUT2D eigenvalue weighted by atomic mass is 10.1. The zero-order valence-electron chi connectivity index (χ0n) is 11.0. The molecule has 0 saturated carbocycles. The first-order valence-electron chi connectivity index (χ1n) is 5.76. The molecule has 0 N–H and O–H groups in total. The van der Waals surface area contributed by atoms with Gasteiger partial charge in [-0.25, -0.2) is 0 Å². The number of hydrogen-bond donors (Lipinski definition) is 0. The van der Waals surface area contributed by atoms with E-state index in [1.165, 1.54) is 37.4 Å². The van der Waals surface area contributed by atoms with Crippen LogP contribution in [0.4, 0.5) is 13.2 Å². The second-order valence-corrected chi connectivity index (χ2v) is 5.71. The number of carbonyl (C=O) groups excluding carboxylic acids is 1. The highest BCUT2D eigenvalue weighted by molar-refractivity contribution is 7.88. The number of hydrogen-bond acceptors (Lipinski definition) is 5. The fourth-order valence-corrected chi connectivity index (χ4v) is 2.26. The number of aldehydes is 1. The van der Waals surface area contributed by atoms with Gasteiger partial charge < -0.3 is 8.92 Å². The van der Waals surface area contributed by atoms with Crippen LogP contribution >= 0.6 is 0 Å². The third-order valence-corrected chi connectivity index (χ3v) is 3.77. The Morgan fingerprint density at radius 1 is 1.14 bits per heavy atom. The van der Waals surface area contributed by atoms with Crippen LogP contribution in [0.5, 0.6) is 11.5 Å². The molecular formula is C13H9F3O5S. The van der Waals surface area contributed by atoms with Gasteiger partial charge in [-0.3, -0.25) is 4.79 Å². The molecule has 2 aromatic carbocycles. The second-order valence-electron chi connectivity index (χ2n) is 4.17. The largest absolute Gasteiger partial charge is 0.534 e. The van der Waals surface area contributed by atoms with Crippen molar-refractivity contribution in [1.82, 2.24) is 0 Å². The van der Waals surface area contributed by atoms with Crippen molar-refractivity contribution in [3.05, 3.63) is 35.9 Å². The Hall–Kier alpha value is -2.29. The van der Waals surface area contributed by atoms with Gasteiger partial charge in [0.05, 0.1) is 12.7 Å². The van der Waals surface area contributed by atoms with E-state index in [0.717, 1.165) is 0 Å². The third kappa shape index (κ3) is 2.84. The van der Waals surface area contributed by atoms with Crippen LogP contribution < -0.4 is 8.92 Å². The Bertz CT molecular complexity index is 827. The van der Waals surface area contributed by atoms with Crippen molar-refractivity contribution in [2.24, 2.45) is 0 Å². The van der Waals surface area contributed by atoms with Crippen molar-refractivity contribution < 1.29 is 35.3 Å². The van der Waals surface area contributed by atoms with Gasteiger partial charge in [-0.2, -0.15) is 21.6 Å². The van der Waals surface area contributed by atoms with Gasteiger partial charge in [0.1, 0.15) is 5.75 Å². The van der Waals surface area contributed by atoms with E-state index in [4.69, 9.17) is 4.74 Å². The van der Waals surface area contributed by atoms with Crippen molar-refractivity contribution in [3.8, 4) is 11.5 Å². The predicted octanol–water partition coefficient (Wildman–Crippen LogP) is 2.89. The highest BCUT2D eigenvalue weighted by Gasteiger charge is 2.49. The summed E-state index contributed by atoms with van der Waals surface area (Å²) >= 11 is 0. The monoisotopic (exact) mass is 334 g/mol.